The molecule has 0 bridgehead atoms. The van der Waals surface area contributed by atoms with E-state index >= 15 is 0 Å². The summed E-state index contributed by atoms with van der Waals surface area (Å²) in [6.45, 7) is 0.730. The fourth-order valence-electron chi connectivity index (χ4n) is 5.20. The Morgan fingerprint density at radius 1 is 1.04 bits per heavy atom. The summed E-state index contributed by atoms with van der Waals surface area (Å²) in [7, 11) is 0. The number of carbonyl (C=O) groups is 2. The molecule has 14 heteroatoms. The maximum absolute atomic E-state index is 14.0. The van der Waals surface area contributed by atoms with Gasteiger partial charge in [0.15, 0.2) is 5.82 Å². The standard InChI is InChI=1S/C32H27F3N6O5/c33-32(34,35)30(44)46-29(27(42)38-15-23-13-21-14-36-12-11-24(21)40-23)41-25(20-7-3-1-4-8-20)16-37-26(28(41)43)39-17-31(18-45-19-31)22-9-5-2-6-10-22/h1-14,16,29,40H,15,17-19H2,(H,37,39)(H,38,42). The van der Waals surface area contributed by atoms with E-state index in [0.717, 1.165) is 16.5 Å². The predicted octanol–water partition coefficient (Wildman–Crippen LogP) is 4.09. The first-order valence-corrected chi connectivity index (χ1v) is 14.2. The number of alkyl halides is 3. The Morgan fingerprint density at radius 2 is 1.76 bits per heavy atom. The van der Waals surface area contributed by atoms with Crippen molar-refractivity contribution in [2.24, 2.45) is 0 Å². The van der Waals surface area contributed by atoms with Crippen molar-refractivity contribution in [2.75, 3.05) is 25.1 Å². The van der Waals surface area contributed by atoms with E-state index in [1.54, 1.807) is 54.9 Å². The van der Waals surface area contributed by atoms with Gasteiger partial charge in [-0.3, -0.25) is 19.1 Å². The summed E-state index contributed by atoms with van der Waals surface area (Å²) in [4.78, 5) is 51.1. The summed E-state index contributed by atoms with van der Waals surface area (Å²) in [6.07, 6.45) is -3.39. The van der Waals surface area contributed by atoms with Crippen LogP contribution in [0.15, 0.2) is 96.2 Å². The van der Waals surface area contributed by atoms with Gasteiger partial charge in [-0.15, -0.1) is 0 Å². The molecule has 4 heterocycles. The van der Waals surface area contributed by atoms with Crippen LogP contribution in [0.1, 0.15) is 17.5 Å². The molecular weight excluding hydrogens is 605 g/mol. The second kappa shape index (κ2) is 12.5. The van der Waals surface area contributed by atoms with Crippen molar-refractivity contribution in [2.45, 2.75) is 24.4 Å². The third kappa shape index (κ3) is 6.19. The van der Waals surface area contributed by atoms with Crippen molar-refractivity contribution in [1.29, 1.82) is 0 Å². The molecule has 1 unspecified atom stereocenters. The lowest BCUT2D eigenvalue weighted by atomic mass is 9.78. The number of nitrogens with zero attached hydrogens (tertiary/aromatic N) is 3. The molecule has 3 N–H and O–H groups in total. The number of anilines is 1. The zero-order chi connectivity index (χ0) is 32.3. The molecule has 5 aromatic rings. The highest BCUT2D eigenvalue weighted by atomic mass is 19.4. The van der Waals surface area contributed by atoms with Crippen molar-refractivity contribution in [1.82, 2.24) is 24.8 Å². The van der Waals surface area contributed by atoms with Crippen molar-refractivity contribution in [3.05, 3.63) is 113 Å². The lowest BCUT2D eigenvalue weighted by molar-refractivity contribution is -0.209. The van der Waals surface area contributed by atoms with Crippen LogP contribution in [0, 0.1) is 0 Å². The normalized spacial score (nSPS) is 14.7. The molecule has 11 nitrogen and oxygen atoms in total. The number of nitrogens with one attached hydrogen (secondary N) is 3. The maximum atomic E-state index is 14.0. The molecule has 1 aliphatic rings. The smallest absolute Gasteiger partial charge is 0.425 e. The number of halogens is 3. The Kier molecular flexibility index (Phi) is 8.28. The third-order valence-corrected chi connectivity index (χ3v) is 7.64. The fourth-order valence-corrected chi connectivity index (χ4v) is 5.20. The molecule has 46 heavy (non-hydrogen) atoms. The molecule has 1 saturated heterocycles. The van der Waals surface area contributed by atoms with Gasteiger partial charge >= 0.3 is 12.1 Å². The van der Waals surface area contributed by atoms with E-state index in [9.17, 15) is 27.6 Å². The molecule has 1 atom stereocenters. The van der Waals surface area contributed by atoms with Crippen LogP contribution in [0.4, 0.5) is 19.0 Å². The van der Waals surface area contributed by atoms with Crippen LogP contribution >= 0.6 is 0 Å². The SMILES string of the molecule is O=C(NCc1cc2cnccc2[nH]1)C(OC(=O)C(F)(F)F)n1c(-c2ccccc2)cnc(NCC2(c3ccccc3)COC2)c1=O. The fraction of sp³-hybridized carbons (Fsp3) is 0.219. The lowest BCUT2D eigenvalue weighted by Crippen LogP contribution is -2.52. The Bertz CT molecular complexity index is 1890. The van der Waals surface area contributed by atoms with E-state index in [1.165, 1.54) is 6.20 Å². The molecule has 0 radical (unpaired) electrons. The van der Waals surface area contributed by atoms with Crippen molar-refractivity contribution >= 4 is 28.6 Å². The summed E-state index contributed by atoms with van der Waals surface area (Å²) >= 11 is 0. The quantitative estimate of drug-likeness (QED) is 0.196. The minimum absolute atomic E-state index is 0.0484. The summed E-state index contributed by atoms with van der Waals surface area (Å²) in [5.74, 6) is -4.07. The molecule has 0 aliphatic carbocycles. The second-order valence-corrected chi connectivity index (χ2v) is 10.8. The van der Waals surface area contributed by atoms with Gasteiger partial charge < -0.3 is 25.1 Å². The van der Waals surface area contributed by atoms with E-state index in [0.29, 0.717) is 29.0 Å². The zero-order valence-corrected chi connectivity index (χ0v) is 24.1. The molecule has 1 fully saturated rings. The van der Waals surface area contributed by atoms with Gasteiger partial charge in [-0.2, -0.15) is 13.2 Å². The van der Waals surface area contributed by atoms with Gasteiger partial charge in [0.2, 0.25) is 0 Å². The highest BCUT2D eigenvalue weighted by molar-refractivity contribution is 5.85. The van der Waals surface area contributed by atoms with Crippen LogP contribution in [0.2, 0.25) is 0 Å². The van der Waals surface area contributed by atoms with Crippen molar-refractivity contribution in [3.63, 3.8) is 0 Å². The number of carbonyl (C=O) groups excluding carboxylic acids is 2. The summed E-state index contributed by atoms with van der Waals surface area (Å²) < 4.78 is 51.4. The molecule has 1 amide bonds. The van der Waals surface area contributed by atoms with Gasteiger partial charge in [0, 0.05) is 35.5 Å². The number of ether oxygens (including phenoxy) is 2. The molecule has 2 aromatic carbocycles. The summed E-state index contributed by atoms with van der Waals surface area (Å²) in [5.41, 5.74) is 1.00. The van der Waals surface area contributed by atoms with Crippen molar-refractivity contribution < 1.29 is 32.2 Å². The number of amides is 1. The molecule has 6 rings (SSSR count). The Labute approximate surface area is 259 Å². The molecule has 0 spiro atoms. The monoisotopic (exact) mass is 632 g/mol. The first-order valence-electron chi connectivity index (χ1n) is 14.2. The number of aromatic amines is 1. The van der Waals surface area contributed by atoms with Gasteiger partial charge in [-0.25, -0.2) is 9.78 Å². The largest absolute Gasteiger partial charge is 0.491 e. The first kappa shape index (κ1) is 30.5. The number of H-pyrrole nitrogens is 1. The number of aromatic nitrogens is 4. The van der Waals surface area contributed by atoms with E-state index in [1.807, 2.05) is 30.3 Å². The van der Waals surface area contributed by atoms with Gasteiger partial charge in [0.1, 0.15) is 0 Å². The topological polar surface area (TPSA) is 140 Å². The Balaban J connectivity index is 1.37. The number of hydrogen-bond donors (Lipinski definition) is 3. The van der Waals surface area contributed by atoms with Gasteiger partial charge in [-0.1, -0.05) is 60.7 Å². The molecular formula is C32H27F3N6O5. The Morgan fingerprint density at radius 3 is 2.41 bits per heavy atom. The average Bonchev–Trinajstić information content (AvgIpc) is 3.46. The number of rotatable bonds is 10. The number of benzene rings is 2. The van der Waals surface area contributed by atoms with Crippen LogP contribution in [0.5, 0.6) is 0 Å². The van der Waals surface area contributed by atoms with Crippen LogP contribution in [-0.4, -0.2) is 57.3 Å². The summed E-state index contributed by atoms with van der Waals surface area (Å²) in [6, 6.07) is 21.0. The van der Waals surface area contributed by atoms with Crippen LogP contribution in [-0.2, 0) is 31.0 Å². The number of esters is 1. The second-order valence-electron chi connectivity index (χ2n) is 10.8. The first-order chi connectivity index (χ1) is 22.1. The molecule has 3 aromatic heterocycles. The van der Waals surface area contributed by atoms with Gasteiger partial charge in [-0.05, 0) is 23.3 Å². The highest BCUT2D eigenvalue weighted by Gasteiger charge is 2.45. The van der Waals surface area contributed by atoms with Gasteiger partial charge in [0.05, 0.1) is 37.1 Å². The molecule has 236 valence electrons. The minimum atomic E-state index is -5.44. The average molecular weight is 633 g/mol. The highest BCUT2D eigenvalue weighted by Crippen LogP contribution is 2.33. The number of pyridine rings is 1. The van der Waals surface area contributed by atoms with Crippen LogP contribution < -0.4 is 16.2 Å². The van der Waals surface area contributed by atoms with E-state index in [2.05, 4.69) is 25.6 Å². The third-order valence-electron chi connectivity index (χ3n) is 7.64. The van der Waals surface area contributed by atoms with Crippen molar-refractivity contribution in [3.8, 4) is 11.3 Å². The van der Waals surface area contributed by atoms with E-state index in [-0.39, 0.29) is 24.6 Å². The number of fused-ring (bicyclic) bond motifs is 1. The van der Waals surface area contributed by atoms with Crippen LogP contribution in [0.3, 0.4) is 0 Å². The summed E-state index contributed by atoms with van der Waals surface area (Å²) in [5, 5.41) is 6.22. The zero-order valence-electron chi connectivity index (χ0n) is 24.1. The predicted molar refractivity (Wildman–Crippen MR) is 160 cm³/mol. The van der Waals surface area contributed by atoms with E-state index < -0.39 is 35.3 Å². The number of hydrogen-bond acceptors (Lipinski definition) is 8. The van der Waals surface area contributed by atoms with E-state index in [4.69, 9.17) is 9.47 Å². The van der Waals surface area contributed by atoms with Crippen LogP contribution in [0.25, 0.3) is 22.2 Å². The minimum Gasteiger partial charge on any atom is -0.425 e. The lowest BCUT2D eigenvalue weighted by Gasteiger charge is -2.42. The molecule has 1 aliphatic heterocycles. The maximum Gasteiger partial charge on any atom is 0.491 e. The Hall–Kier alpha value is -5.50. The van der Waals surface area contributed by atoms with Gasteiger partial charge in [0.25, 0.3) is 17.7 Å². The molecule has 0 saturated carbocycles.